The fourth-order valence-electron chi connectivity index (χ4n) is 3.81. The second-order valence-corrected chi connectivity index (χ2v) is 6.60. The molecule has 130 valence electrons. The highest BCUT2D eigenvalue weighted by molar-refractivity contribution is 5.86. The number of morpholine rings is 1. The summed E-state index contributed by atoms with van der Waals surface area (Å²) in [4.78, 5) is 27.0. The molecule has 3 aliphatic heterocycles. The molecule has 7 nitrogen and oxygen atoms in total. The Morgan fingerprint density at radius 2 is 2.04 bits per heavy atom. The van der Waals surface area contributed by atoms with Crippen molar-refractivity contribution in [2.24, 2.45) is 0 Å². The molecule has 8 heteroatoms. The van der Waals surface area contributed by atoms with E-state index in [1.54, 1.807) is 0 Å². The molecule has 0 unspecified atom stereocenters. The van der Waals surface area contributed by atoms with Crippen molar-refractivity contribution < 1.29 is 13.9 Å². The van der Waals surface area contributed by atoms with Crippen molar-refractivity contribution in [3.05, 3.63) is 12.0 Å². The zero-order valence-corrected chi connectivity index (χ0v) is 13.8. The Bertz CT molecular complexity index is 637. The van der Waals surface area contributed by atoms with Gasteiger partial charge in [-0.3, -0.25) is 4.79 Å². The number of amides is 1. The summed E-state index contributed by atoms with van der Waals surface area (Å²) in [6.07, 6.45) is 3.26. The van der Waals surface area contributed by atoms with Crippen LogP contribution in [0.1, 0.15) is 19.8 Å². The number of hydrogen-bond donors (Lipinski definition) is 0. The topological polar surface area (TPSA) is 61.8 Å². The molecular weight excluding hydrogens is 313 g/mol. The van der Waals surface area contributed by atoms with Crippen LogP contribution in [0, 0.1) is 5.82 Å². The Morgan fingerprint density at radius 1 is 1.25 bits per heavy atom. The fraction of sp³-hybridized carbons (Fsp3) is 0.688. The average Bonchev–Trinajstić information content (AvgIpc) is 3.08. The summed E-state index contributed by atoms with van der Waals surface area (Å²) in [6.45, 7) is 5.77. The van der Waals surface area contributed by atoms with Crippen LogP contribution >= 0.6 is 0 Å². The summed E-state index contributed by atoms with van der Waals surface area (Å²) < 4.78 is 19.5. The third kappa shape index (κ3) is 2.58. The molecule has 4 heterocycles. The summed E-state index contributed by atoms with van der Waals surface area (Å²) >= 11 is 0. The largest absolute Gasteiger partial charge is 0.378 e. The number of nitrogens with zero attached hydrogens (tertiary/aromatic N) is 5. The van der Waals surface area contributed by atoms with Crippen molar-refractivity contribution in [2.45, 2.75) is 31.8 Å². The maximum atomic E-state index is 14.2. The van der Waals surface area contributed by atoms with Gasteiger partial charge < -0.3 is 19.4 Å². The molecule has 0 radical (unpaired) electrons. The van der Waals surface area contributed by atoms with Crippen LogP contribution in [0.2, 0.25) is 0 Å². The van der Waals surface area contributed by atoms with Gasteiger partial charge in [-0.25, -0.2) is 9.37 Å². The van der Waals surface area contributed by atoms with Crippen LogP contribution in [-0.4, -0.2) is 72.3 Å². The number of anilines is 2. The molecule has 0 saturated carbocycles. The first kappa shape index (κ1) is 15.6. The first-order chi connectivity index (χ1) is 11.6. The van der Waals surface area contributed by atoms with Gasteiger partial charge in [0.1, 0.15) is 6.04 Å². The molecule has 1 amide bonds. The van der Waals surface area contributed by atoms with E-state index in [0.29, 0.717) is 44.6 Å². The van der Waals surface area contributed by atoms with E-state index in [1.165, 1.54) is 6.20 Å². The third-order valence-corrected chi connectivity index (χ3v) is 5.17. The first-order valence-electron chi connectivity index (χ1n) is 8.57. The molecule has 0 aromatic carbocycles. The van der Waals surface area contributed by atoms with Crippen LogP contribution in [0.4, 0.5) is 16.2 Å². The Hall–Kier alpha value is -1.96. The first-order valence-corrected chi connectivity index (χ1v) is 8.57. The van der Waals surface area contributed by atoms with Crippen molar-refractivity contribution in [1.29, 1.82) is 0 Å². The van der Waals surface area contributed by atoms with E-state index in [2.05, 4.69) is 9.97 Å². The zero-order valence-electron chi connectivity index (χ0n) is 13.8. The van der Waals surface area contributed by atoms with E-state index in [1.807, 2.05) is 21.6 Å². The summed E-state index contributed by atoms with van der Waals surface area (Å²) in [6, 6.07) is -0.100. The van der Waals surface area contributed by atoms with Gasteiger partial charge in [0.15, 0.2) is 11.6 Å². The molecular formula is C16H22FN5O2. The lowest BCUT2D eigenvalue weighted by atomic mass is 10.1. The number of rotatable bonds is 2. The molecule has 3 saturated heterocycles. The van der Waals surface area contributed by atoms with Gasteiger partial charge in [-0.15, -0.1) is 0 Å². The molecule has 24 heavy (non-hydrogen) atoms. The molecule has 1 aromatic rings. The van der Waals surface area contributed by atoms with E-state index in [9.17, 15) is 9.18 Å². The second-order valence-electron chi connectivity index (χ2n) is 6.60. The van der Waals surface area contributed by atoms with E-state index < -0.39 is 5.82 Å². The Kier molecular flexibility index (Phi) is 3.99. The number of halogens is 1. The van der Waals surface area contributed by atoms with Gasteiger partial charge in [0.05, 0.1) is 19.4 Å². The molecule has 3 aliphatic rings. The number of ether oxygens (including phenoxy) is 1. The highest BCUT2D eigenvalue weighted by Crippen LogP contribution is 2.29. The van der Waals surface area contributed by atoms with Gasteiger partial charge in [0.2, 0.25) is 11.9 Å². The lowest BCUT2D eigenvalue weighted by Gasteiger charge is -2.41. The van der Waals surface area contributed by atoms with E-state index in [4.69, 9.17) is 4.74 Å². The van der Waals surface area contributed by atoms with Gasteiger partial charge in [-0.2, -0.15) is 4.98 Å². The van der Waals surface area contributed by atoms with Crippen molar-refractivity contribution >= 4 is 17.7 Å². The molecule has 0 bridgehead atoms. The molecule has 1 aromatic heterocycles. The van der Waals surface area contributed by atoms with Crippen LogP contribution in [0.5, 0.6) is 0 Å². The predicted octanol–water partition coefficient (Wildman–Crippen LogP) is 0.652. The van der Waals surface area contributed by atoms with Gasteiger partial charge in [0, 0.05) is 32.2 Å². The Labute approximate surface area is 140 Å². The zero-order chi connectivity index (χ0) is 16.7. The standard InChI is InChI=1S/C16H22FN5O2/c1-11-15(23)21-4-2-3-12(21)10-22(11)16-18-9-13(17)14(19-16)20-5-7-24-8-6-20/h9,11-12H,2-8,10H2,1H3/t11-,12+/m0/s1. The molecule has 0 spiro atoms. The number of aromatic nitrogens is 2. The van der Waals surface area contributed by atoms with E-state index >= 15 is 0 Å². The van der Waals surface area contributed by atoms with Gasteiger partial charge in [-0.1, -0.05) is 0 Å². The van der Waals surface area contributed by atoms with Crippen LogP contribution in [0.15, 0.2) is 6.20 Å². The number of carbonyl (C=O) groups is 1. The molecule has 3 fully saturated rings. The monoisotopic (exact) mass is 335 g/mol. The fourth-order valence-corrected chi connectivity index (χ4v) is 3.81. The number of carbonyl (C=O) groups excluding carboxylic acids is 1. The van der Waals surface area contributed by atoms with Crippen LogP contribution < -0.4 is 9.80 Å². The smallest absolute Gasteiger partial charge is 0.245 e. The van der Waals surface area contributed by atoms with Gasteiger partial charge in [0.25, 0.3) is 0 Å². The highest BCUT2D eigenvalue weighted by Gasteiger charge is 2.41. The minimum absolute atomic E-state index is 0.115. The van der Waals surface area contributed by atoms with Crippen molar-refractivity contribution in [1.82, 2.24) is 14.9 Å². The normalized spacial score (nSPS) is 27.6. The summed E-state index contributed by atoms with van der Waals surface area (Å²) in [7, 11) is 0. The lowest BCUT2D eigenvalue weighted by molar-refractivity contribution is -0.134. The quantitative estimate of drug-likeness (QED) is 0.791. The van der Waals surface area contributed by atoms with Gasteiger partial charge in [-0.05, 0) is 19.8 Å². The molecule has 4 rings (SSSR count). The Morgan fingerprint density at radius 3 is 2.83 bits per heavy atom. The minimum atomic E-state index is -0.431. The Balaban J connectivity index is 1.62. The SMILES string of the molecule is C[C@H]1C(=O)N2CCC[C@@H]2CN1c1ncc(F)c(N2CCOCC2)n1. The average molecular weight is 335 g/mol. The molecule has 0 aliphatic carbocycles. The lowest BCUT2D eigenvalue weighted by Crippen LogP contribution is -2.59. The van der Waals surface area contributed by atoms with Crippen molar-refractivity contribution in [3.63, 3.8) is 0 Å². The van der Waals surface area contributed by atoms with Crippen LogP contribution in [0.25, 0.3) is 0 Å². The van der Waals surface area contributed by atoms with Crippen LogP contribution in [0.3, 0.4) is 0 Å². The van der Waals surface area contributed by atoms with E-state index in [0.717, 1.165) is 19.4 Å². The predicted molar refractivity (Wildman–Crippen MR) is 86.6 cm³/mol. The third-order valence-electron chi connectivity index (χ3n) is 5.17. The number of fused-ring (bicyclic) bond motifs is 1. The highest BCUT2D eigenvalue weighted by atomic mass is 19.1. The second kappa shape index (κ2) is 6.16. The maximum absolute atomic E-state index is 14.2. The summed E-state index contributed by atoms with van der Waals surface area (Å²) in [5.41, 5.74) is 0. The molecule has 2 atom stereocenters. The summed E-state index contributed by atoms with van der Waals surface area (Å²) in [5.74, 6) is 0.422. The van der Waals surface area contributed by atoms with Crippen molar-refractivity contribution in [3.8, 4) is 0 Å². The minimum Gasteiger partial charge on any atom is -0.378 e. The molecule has 0 N–H and O–H groups in total. The van der Waals surface area contributed by atoms with Crippen molar-refractivity contribution in [2.75, 3.05) is 49.2 Å². The van der Waals surface area contributed by atoms with Gasteiger partial charge >= 0.3 is 0 Å². The number of hydrogen-bond acceptors (Lipinski definition) is 6. The maximum Gasteiger partial charge on any atom is 0.245 e. The van der Waals surface area contributed by atoms with E-state index in [-0.39, 0.29) is 18.0 Å². The van der Waals surface area contributed by atoms with Crippen LogP contribution in [-0.2, 0) is 9.53 Å². The summed E-state index contributed by atoms with van der Waals surface area (Å²) in [5, 5.41) is 0. The number of piperazine rings is 1.